The highest BCUT2D eigenvalue weighted by atomic mass is 16.3. The molecule has 2 aromatic rings. The van der Waals surface area contributed by atoms with Crippen molar-refractivity contribution >= 4 is 5.91 Å². The van der Waals surface area contributed by atoms with Crippen LogP contribution >= 0.6 is 0 Å². The summed E-state index contributed by atoms with van der Waals surface area (Å²) >= 11 is 0. The lowest BCUT2D eigenvalue weighted by molar-refractivity contribution is 0.0827. The standard InChI is InChI=1S/C17H16N2O2/c1-19(2)17(21)14-5-3-4-13(9-14)16-8-12(10-18)6-7-15(16)11-20/h3-9,20H,11H2,1-2H3. The van der Waals surface area contributed by atoms with Crippen LogP contribution < -0.4 is 0 Å². The molecular weight excluding hydrogens is 264 g/mol. The van der Waals surface area contributed by atoms with Gasteiger partial charge in [0.15, 0.2) is 0 Å². The lowest BCUT2D eigenvalue weighted by atomic mass is 9.96. The van der Waals surface area contributed by atoms with Gasteiger partial charge < -0.3 is 10.0 Å². The van der Waals surface area contributed by atoms with Crippen LogP contribution in [-0.4, -0.2) is 30.0 Å². The van der Waals surface area contributed by atoms with Crippen molar-refractivity contribution in [2.24, 2.45) is 0 Å². The second-order valence-electron chi connectivity index (χ2n) is 4.92. The maximum atomic E-state index is 12.0. The maximum Gasteiger partial charge on any atom is 0.253 e. The van der Waals surface area contributed by atoms with Crippen LogP contribution in [0.25, 0.3) is 11.1 Å². The lowest BCUT2D eigenvalue weighted by Gasteiger charge is -2.13. The van der Waals surface area contributed by atoms with Gasteiger partial charge in [-0.2, -0.15) is 5.26 Å². The van der Waals surface area contributed by atoms with E-state index in [0.29, 0.717) is 11.1 Å². The summed E-state index contributed by atoms with van der Waals surface area (Å²) in [5.41, 5.74) is 3.40. The van der Waals surface area contributed by atoms with Crippen LogP contribution in [0, 0.1) is 11.3 Å². The first kappa shape index (κ1) is 14.8. The van der Waals surface area contributed by atoms with Gasteiger partial charge in [0.25, 0.3) is 5.91 Å². The first-order chi connectivity index (χ1) is 10.1. The molecule has 0 fully saturated rings. The third kappa shape index (κ3) is 3.10. The second kappa shape index (κ2) is 6.21. The summed E-state index contributed by atoms with van der Waals surface area (Å²) in [6.07, 6.45) is 0. The van der Waals surface area contributed by atoms with E-state index in [4.69, 9.17) is 5.26 Å². The Balaban J connectivity index is 2.54. The minimum Gasteiger partial charge on any atom is -0.392 e. The van der Waals surface area contributed by atoms with Gasteiger partial charge in [-0.3, -0.25) is 4.79 Å². The highest BCUT2D eigenvalue weighted by molar-refractivity contribution is 5.95. The molecule has 0 heterocycles. The van der Waals surface area contributed by atoms with Crippen molar-refractivity contribution in [2.45, 2.75) is 6.61 Å². The number of carbonyl (C=O) groups excluding carboxylic acids is 1. The molecule has 0 aliphatic carbocycles. The summed E-state index contributed by atoms with van der Waals surface area (Å²) < 4.78 is 0. The molecule has 2 aromatic carbocycles. The van der Waals surface area contributed by atoms with Crippen LogP contribution in [0.3, 0.4) is 0 Å². The number of carbonyl (C=O) groups is 1. The van der Waals surface area contributed by atoms with Gasteiger partial charge in [-0.15, -0.1) is 0 Å². The number of aliphatic hydroxyl groups is 1. The molecule has 0 aromatic heterocycles. The number of nitrogens with zero attached hydrogens (tertiary/aromatic N) is 2. The van der Waals surface area contributed by atoms with Gasteiger partial charge in [0.2, 0.25) is 0 Å². The number of aliphatic hydroxyl groups excluding tert-OH is 1. The number of hydrogen-bond donors (Lipinski definition) is 1. The van der Waals surface area contributed by atoms with Crippen molar-refractivity contribution in [3.8, 4) is 17.2 Å². The van der Waals surface area contributed by atoms with E-state index in [9.17, 15) is 9.90 Å². The van der Waals surface area contributed by atoms with E-state index in [2.05, 4.69) is 6.07 Å². The number of hydrogen-bond acceptors (Lipinski definition) is 3. The Hall–Kier alpha value is -2.64. The van der Waals surface area contributed by atoms with Gasteiger partial charge in [0.1, 0.15) is 0 Å². The average molecular weight is 280 g/mol. The molecule has 0 spiro atoms. The Kier molecular flexibility index (Phi) is 4.36. The molecule has 0 bridgehead atoms. The van der Waals surface area contributed by atoms with Crippen molar-refractivity contribution < 1.29 is 9.90 Å². The monoisotopic (exact) mass is 280 g/mol. The van der Waals surface area contributed by atoms with Crippen LogP contribution in [0.4, 0.5) is 0 Å². The molecule has 0 atom stereocenters. The van der Waals surface area contributed by atoms with E-state index in [1.54, 1.807) is 50.5 Å². The highest BCUT2D eigenvalue weighted by Gasteiger charge is 2.11. The third-order valence-electron chi connectivity index (χ3n) is 3.24. The molecular formula is C17H16N2O2. The van der Waals surface area contributed by atoms with Gasteiger partial charge in [-0.05, 0) is 41.0 Å². The minimum absolute atomic E-state index is 0.0844. The van der Waals surface area contributed by atoms with Gasteiger partial charge in [0, 0.05) is 19.7 Å². The quantitative estimate of drug-likeness (QED) is 0.939. The van der Waals surface area contributed by atoms with Crippen LogP contribution in [-0.2, 0) is 6.61 Å². The van der Waals surface area contributed by atoms with Crippen LogP contribution in [0.1, 0.15) is 21.5 Å². The van der Waals surface area contributed by atoms with Crippen molar-refractivity contribution in [3.05, 3.63) is 59.2 Å². The van der Waals surface area contributed by atoms with E-state index >= 15 is 0 Å². The Labute approximate surface area is 123 Å². The molecule has 1 N–H and O–H groups in total. The molecule has 0 unspecified atom stereocenters. The van der Waals surface area contributed by atoms with Gasteiger partial charge in [-0.25, -0.2) is 0 Å². The van der Waals surface area contributed by atoms with E-state index in [1.165, 1.54) is 4.90 Å². The van der Waals surface area contributed by atoms with Crippen LogP contribution in [0.5, 0.6) is 0 Å². The SMILES string of the molecule is CN(C)C(=O)c1cccc(-c2cc(C#N)ccc2CO)c1. The van der Waals surface area contributed by atoms with Crippen LogP contribution in [0.15, 0.2) is 42.5 Å². The Bertz CT molecular complexity index is 715. The average Bonchev–Trinajstić information content (AvgIpc) is 2.53. The number of nitriles is 1. The van der Waals surface area contributed by atoms with E-state index in [-0.39, 0.29) is 12.5 Å². The second-order valence-corrected chi connectivity index (χ2v) is 4.92. The number of amides is 1. The maximum absolute atomic E-state index is 12.0. The summed E-state index contributed by atoms with van der Waals surface area (Å²) in [5.74, 6) is -0.0844. The molecule has 0 saturated heterocycles. The van der Waals surface area contributed by atoms with E-state index in [0.717, 1.165) is 16.7 Å². The molecule has 0 aliphatic heterocycles. The zero-order valence-corrected chi connectivity index (χ0v) is 12.0. The van der Waals surface area contributed by atoms with E-state index < -0.39 is 0 Å². The predicted molar refractivity (Wildman–Crippen MR) is 80.5 cm³/mol. The van der Waals surface area contributed by atoms with Crippen molar-refractivity contribution in [3.63, 3.8) is 0 Å². The molecule has 2 rings (SSSR count). The summed E-state index contributed by atoms with van der Waals surface area (Å²) in [5, 5.41) is 18.5. The highest BCUT2D eigenvalue weighted by Crippen LogP contribution is 2.26. The fraction of sp³-hybridized carbons (Fsp3) is 0.176. The Morgan fingerprint density at radius 2 is 2.00 bits per heavy atom. The molecule has 106 valence electrons. The molecule has 4 heteroatoms. The Morgan fingerprint density at radius 3 is 2.62 bits per heavy atom. The van der Waals surface area contributed by atoms with Gasteiger partial charge >= 0.3 is 0 Å². The zero-order valence-electron chi connectivity index (χ0n) is 12.0. The summed E-state index contributed by atoms with van der Waals surface area (Å²) in [6, 6.07) is 14.4. The number of benzene rings is 2. The van der Waals surface area contributed by atoms with Crippen molar-refractivity contribution in [1.29, 1.82) is 5.26 Å². The topological polar surface area (TPSA) is 64.3 Å². The predicted octanol–water partition coefficient (Wildman–Crippen LogP) is 2.42. The zero-order chi connectivity index (χ0) is 15.4. The summed E-state index contributed by atoms with van der Waals surface area (Å²) in [7, 11) is 3.40. The van der Waals surface area contributed by atoms with Crippen molar-refractivity contribution in [1.82, 2.24) is 4.90 Å². The summed E-state index contributed by atoms with van der Waals surface area (Å²) in [4.78, 5) is 13.5. The Morgan fingerprint density at radius 1 is 1.24 bits per heavy atom. The molecule has 4 nitrogen and oxygen atoms in total. The van der Waals surface area contributed by atoms with Gasteiger partial charge in [-0.1, -0.05) is 18.2 Å². The van der Waals surface area contributed by atoms with E-state index in [1.807, 2.05) is 6.07 Å². The lowest BCUT2D eigenvalue weighted by Crippen LogP contribution is -2.21. The third-order valence-corrected chi connectivity index (χ3v) is 3.24. The minimum atomic E-state index is -0.118. The molecule has 1 amide bonds. The fourth-order valence-corrected chi connectivity index (χ4v) is 2.13. The number of rotatable bonds is 3. The first-order valence-corrected chi connectivity index (χ1v) is 6.52. The molecule has 0 saturated carbocycles. The van der Waals surface area contributed by atoms with Gasteiger partial charge in [0.05, 0.1) is 18.2 Å². The largest absolute Gasteiger partial charge is 0.392 e. The normalized spacial score (nSPS) is 10.0. The molecule has 0 radical (unpaired) electrons. The molecule has 0 aliphatic rings. The van der Waals surface area contributed by atoms with Crippen LogP contribution in [0.2, 0.25) is 0 Å². The fourth-order valence-electron chi connectivity index (χ4n) is 2.13. The molecule has 21 heavy (non-hydrogen) atoms. The first-order valence-electron chi connectivity index (χ1n) is 6.52. The van der Waals surface area contributed by atoms with Crippen molar-refractivity contribution in [2.75, 3.05) is 14.1 Å². The summed E-state index contributed by atoms with van der Waals surface area (Å²) in [6.45, 7) is -0.118. The smallest absolute Gasteiger partial charge is 0.253 e.